The largest absolute Gasteiger partial charge is 0.480 e. The topological polar surface area (TPSA) is 46.5 Å². The number of thioether (sulfide) groups is 1. The highest BCUT2D eigenvalue weighted by molar-refractivity contribution is 7.99. The predicted octanol–water partition coefficient (Wildman–Crippen LogP) is 4.68. The van der Waals surface area contributed by atoms with Gasteiger partial charge in [-0.25, -0.2) is 9.18 Å². The van der Waals surface area contributed by atoms with Crippen molar-refractivity contribution in [2.24, 2.45) is 5.92 Å². The second-order valence-corrected chi connectivity index (χ2v) is 9.07. The fraction of sp³-hybridized carbons (Fsp3) is 0.550. The Morgan fingerprint density at radius 1 is 1.33 bits per heavy atom. The zero-order valence-electron chi connectivity index (χ0n) is 14.7. The molecule has 1 saturated carbocycles. The van der Waals surface area contributed by atoms with Gasteiger partial charge in [0.05, 0.1) is 0 Å². The average molecular weight is 431 g/mol. The van der Waals surface area contributed by atoms with E-state index in [2.05, 4.69) is 17.9 Å². The molecule has 0 radical (unpaired) electrons. The number of hydrogen-bond donors (Lipinski definition) is 1. The van der Waals surface area contributed by atoms with Gasteiger partial charge in [0, 0.05) is 28.0 Å². The van der Waals surface area contributed by atoms with Crippen molar-refractivity contribution in [3.63, 3.8) is 0 Å². The second kappa shape index (κ2) is 9.52. The molecule has 1 aliphatic carbocycles. The van der Waals surface area contributed by atoms with Gasteiger partial charge in [0.2, 0.25) is 0 Å². The van der Waals surface area contributed by atoms with Gasteiger partial charge in [-0.1, -0.05) is 12.0 Å². The van der Waals surface area contributed by atoms with Crippen molar-refractivity contribution in [2.75, 3.05) is 19.0 Å². The third kappa shape index (κ3) is 5.12. The van der Waals surface area contributed by atoms with Crippen LogP contribution in [0, 0.1) is 23.6 Å². The summed E-state index contributed by atoms with van der Waals surface area (Å²) in [5, 5.41) is 8.26. The maximum atomic E-state index is 14.6. The molecule has 1 aliphatic heterocycles. The normalized spacial score (nSPS) is 26.9. The Kier molecular flexibility index (Phi) is 7.33. The first kappa shape index (κ1) is 20.8. The molecule has 1 N–H and O–H groups in total. The number of aliphatic carboxylic acids is 1. The van der Waals surface area contributed by atoms with Crippen LogP contribution in [0.2, 0.25) is 0 Å². The molecule has 3 rings (SSSR count). The molecule has 1 aromatic carbocycles. The molecule has 0 aromatic heterocycles. The van der Waals surface area contributed by atoms with Crippen LogP contribution in [-0.4, -0.2) is 40.8 Å². The van der Waals surface area contributed by atoms with E-state index in [1.165, 1.54) is 0 Å². The van der Waals surface area contributed by atoms with Crippen molar-refractivity contribution in [3.8, 4) is 11.8 Å². The van der Waals surface area contributed by atoms with Crippen LogP contribution in [0.3, 0.4) is 0 Å². The van der Waals surface area contributed by atoms with Crippen LogP contribution >= 0.6 is 35.0 Å². The summed E-state index contributed by atoms with van der Waals surface area (Å²) in [6, 6.07) is 3.71. The lowest BCUT2D eigenvalue weighted by molar-refractivity contribution is -0.141. The van der Waals surface area contributed by atoms with Gasteiger partial charge in [0.1, 0.15) is 19.0 Å². The van der Waals surface area contributed by atoms with E-state index < -0.39 is 5.97 Å². The summed E-state index contributed by atoms with van der Waals surface area (Å²) in [7, 11) is 0. The number of benzene rings is 1. The first-order valence-electron chi connectivity index (χ1n) is 8.96. The average Bonchev–Trinajstić information content (AvgIpc) is 2.91. The van der Waals surface area contributed by atoms with Gasteiger partial charge in [-0.2, -0.15) is 0 Å². The Bertz CT molecular complexity index is 762. The molecule has 2 aliphatic rings. The van der Waals surface area contributed by atoms with Crippen LogP contribution in [-0.2, 0) is 16.0 Å². The minimum atomic E-state index is -1.02. The zero-order valence-corrected chi connectivity index (χ0v) is 17.0. The molecule has 3 nitrogen and oxygen atoms in total. The van der Waals surface area contributed by atoms with E-state index in [-0.39, 0.29) is 41.6 Å². The number of halogens is 3. The molecule has 7 heteroatoms. The zero-order chi connectivity index (χ0) is 19.4. The SMILES string of the molecule is O=C(O)COCC#CCC1C(Cl)CC(Cl)C1c1cc(F)c2c(c1)CCCS2. The van der Waals surface area contributed by atoms with Crippen molar-refractivity contribution in [1.82, 2.24) is 0 Å². The highest BCUT2D eigenvalue weighted by atomic mass is 35.5. The molecular weight excluding hydrogens is 410 g/mol. The van der Waals surface area contributed by atoms with Crippen molar-refractivity contribution in [1.29, 1.82) is 0 Å². The van der Waals surface area contributed by atoms with Crippen molar-refractivity contribution in [3.05, 3.63) is 29.1 Å². The summed E-state index contributed by atoms with van der Waals surface area (Å²) >= 11 is 14.7. The molecule has 4 atom stereocenters. The molecule has 1 aromatic rings. The molecule has 0 spiro atoms. The quantitative estimate of drug-likeness (QED) is 0.418. The molecule has 0 bridgehead atoms. The summed E-state index contributed by atoms with van der Waals surface area (Å²) < 4.78 is 19.5. The van der Waals surface area contributed by atoms with E-state index >= 15 is 0 Å². The molecule has 4 unspecified atom stereocenters. The highest BCUT2D eigenvalue weighted by Gasteiger charge is 2.42. The van der Waals surface area contributed by atoms with Gasteiger partial charge < -0.3 is 9.84 Å². The monoisotopic (exact) mass is 430 g/mol. The number of rotatable bonds is 5. The van der Waals surface area contributed by atoms with Gasteiger partial charge in [0.15, 0.2) is 0 Å². The number of aryl methyl sites for hydroxylation is 1. The molecular formula is C20H21Cl2FO3S. The predicted molar refractivity (Wildman–Crippen MR) is 106 cm³/mol. The van der Waals surface area contributed by atoms with Crippen molar-refractivity contribution < 1.29 is 19.0 Å². The van der Waals surface area contributed by atoms with Crippen LogP contribution in [0.25, 0.3) is 0 Å². The number of carbonyl (C=O) groups is 1. The van der Waals surface area contributed by atoms with E-state index in [9.17, 15) is 9.18 Å². The van der Waals surface area contributed by atoms with E-state index in [1.807, 2.05) is 0 Å². The van der Waals surface area contributed by atoms with Crippen LogP contribution < -0.4 is 0 Å². The lowest BCUT2D eigenvalue weighted by atomic mass is 9.85. The first-order valence-corrected chi connectivity index (χ1v) is 10.8. The standard InChI is InChI=1S/C20H21Cl2FO3S/c21-15-10-16(22)19(14(15)5-1-2-6-26-11-18(24)25)13-8-12-4-3-7-27-20(12)17(23)9-13/h8-9,14-16,19H,3-7,10-11H2,(H,24,25). The minimum absolute atomic E-state index is 0.0230. The minimum Gasteiger partial charge on any atom is -0.480 e. The lowest BCUT2D eigenvalue weighted by Gasteiger charge is -2.25. The van der Waals surface area contributed by atoms with Gasteiger partial charge in [-0.15, -0.1) is 40.9 Å². The van der Waals surface area contributed by atoms with Crippen LogP contribution in [0.4, 0.5) is 4.39 Å². The Morgan fingerprint density at radius 3 is 2.93 bits per heavy atom. The second-order valence-electron chi connectivity index (χ2n) is 6.84. The third-order valence-corrected chi connectivity index (χ3v) is 7.18. The van der Waals surface area contributed by atoms with E-state index in [1.54, 1.807) is 17.8 Å². The van der Waals surface area contributed by atoms with Gasteiger partial charge in [-0.3, -0.25) is 0 Å². The molecule has 146 valence electrons. The maximum Gasteiger partial charge on any atom is 0.329 e. The number of hydrogen-bond acceptors (Lipinski definition) is 3. The van der Waals surface area contributed by atoms with Gasteiger partial charge >= 0.3 is 5.97 Å². The smallest absolute Gasteiger partial charge is 0.329 e. The van der Waals surface area contributed by atoms with Gasteiger partial charge in [0.25, 0.3) is 0 Å². The molecule has 0 saturated heterocycles. The molecule has 27 heavy (non-hydrogen) atoms. The van der Waals surface area contributed by atoms with Crippen molar-refractivity contribution >= 4 is 40.9 Å². The summed E-state index contributed by atoms with van der Waals surface area (Å²) in [6.07, 6.45) is 3.12. The third-order valence-electron chi connectivity index (χ3n) is 4.99. The number of alkyl halides is 2. The fourth-order valence-electron chi connectivity index (χ4n) is 3.82. The van der Waals surface area contributed by atoms with Crippen molar-refractivity contribution in [2.45, 2.75) is 47.3 Å². The summed E-state index contributed by atoms with van der Waals surface area (Å²) in [5.74, 6) is 5.59. The summed E-state index contributed by atoms with van der Waals surface area (Å²) in [4.78, 5) is 11.2. The number of carboxylic acids is 1. The molecule has 1 fully saturated rings. The maximum absolute atomic E-state index is 14.6. The first-order chi connectivity index (χ1) is 13.0. The summed E-state index contributed by atoms with van der Waals surface area (Å²) in [6.45, 7) is -0.305. The highest BCUT2D eigenvalue weighted by Crippen LogP contribution is 2.48. The summed E-state index contributed by atoms with van der Waals surface area (Å²) in [5.41, 5.74) is 1.97. The Hall–Kier alpha value is -0.930. The van der Waals surface area contributed by atoms with Crippen LogP contribution in [0.15, 0.2) is 17.0 Å². The fourth-order valence-corrected chi connectivity index (χ4v) is 5.91. The molecule has 1 heterocycles. The van der Waals surface area contributed by atoms with Gasteiger partial charge in [-0.05, 0) is 48.1 Å². The Balaban J connectivity index is 1.74. The van der Waals surface area contributed by atoms with Crippen LogP contribution in [0.1, 0.15) is 36.3 Å². The lowest BCUT2D eigenvalue weighted by Crippen LogP contribution is -2.17. The van der Waals surface area contributed by atoms with E-state index in [0.29, 0.717) is 12.8 Å². The molecule has 0 amide bonds. The number of ether oxygens (including phenoxy) is 1. The van der Waals surface area contributed by atoms with E-state index in [4.69, 9.17) is 33.0 Å². The Morgan fingerprint density at radius 2 is 2.15 bits per heavy atom. The number of carboxylic acid groups (broad SMARTS) is 1. The van der Waals surface area contributed by atoms with Crippen LogP contribution in [0.5, 0.6) is 0 Å². The Labute approximate surface area is 172 Å². The number of fused-ring (bicyclic) bond motifs is 1. The van der Waals surface area contributed by atoms with E-state index in [0.717, 1.165) is 34.6 Å².